The third kappa shape index (κ3) is 2.38. The number of carbonyl (C=O) groups is 1. The zero-order valence-electron chi connectivity index (χ0n) is 10.1. The Kier molecular flexibility index (Phi) is 3.50. The lowest BCUT2D eigenvalue weighted by Gasteiger charge is -2.30. The Morgan fingerprint density at radius 3 is 2.75 bits per heavy atom. The average molecular weight is 226 g/mol. The van der Waals surface area contributed by atoms with E-state index >= 15 is 0 Å². The number of carbonyl (C=O) groups excluding carboxylic acids is 1. The van der Waals surface area contributed by atoms with Crippen LogP contribution in [0.5, 0.6) is 0 Å². The SMILES string of the molecule is CC1CCN(C(C)C(=O)NC2CC2)C1CO. The highest BCUT2D eigenvalue weighted by atomic mass is 16.3. The third-order valence-corrected chi connectivity index (χ3v) is 3.91. The largest absolute Gasteiger partial charge is 0.395 e. The molecule has 1 heterocycles. The summed E-state index contributed by atoms with van der Waals surface area (Å²) in [7, 11) is 0. The van der Waals surface area contributed by atoms with E-state index < -0.39 is 0 Å². The molecule has 0 aromatic heterocycles. The Hall–Kier alpha value is -0.610. The van der Waals surface area contributed by atoms with Crippen LogP contribution in [-0.4, -0.2) is 47.2 Å². The maximum absolute atomic E-state index is 11.9. The Bertz CT molecular complexity index is 266. The van der Waals surface area contributed by atoms with Crippen molar-refractivity contribution in [2.24, 2.45) is 5.92 Å². The highest BCUT2D eigenvalue weighted by Crippen LogP contribution is 2.26. The minimum Gasteiger partial charge on any atom is -0.395 e. The Balaban J connectivity index is 1.91. The summed E-state index contributed by atoms with van der Waals surface area (Å²) in [5.41, 5.74) is 0. The molecule has 0 radical (unpaired) electrons. The van der Waals surface area contributed by atoms with E-state index in [2.05, 4.69) is 17.1 Å². The molecule has 1 saturated heterocycles. The Labute approximate surface area is 97.0 Å². The highest BCUT2D eigenvalue weighted by Gasteiger charge is 2.37. The first-order valence-electron chi connectivity index (χ1n) is 6.30. The highest BCUT2D eigenvalue weighted by molar-refractivity contribution is 5.82. The van der Waals surface area contributed by atoms with E-state index in [1.54, 1.807) is 0 Å². The van der Waals surface area contributed by atoms with Crippen LogP contribution in [0.4, 0.5) is 0 Å². The zero-order valence-corrected chi connectivity index (χ0v) is 10.1. The fourth-order valence-corrected chi connectivity index (χ4v) is 2.50. The second kappa shape index (κ2) is 4.72. The molecule has 0 aromatic rings. The number of likely N-dealkylation sites (tertiary alicyclic amines) is 1. The molecule has 0 spiro atoms. The second-order valence-corrected chi connectivity index (χ2v) is 5.21. The van der Waals surface area contributed by atoms with Crippen molar-refractivity contribution in [1.82, 2.24) is 10.2 Å². The average Bonchev–Trinajstić information content (AvgIpc) is 2.99. The van der Waals surface area contributed by atoms with Crippen LogP contribution in [0.3, 0.4) is 0 Å². The first kappa shape index (κ1) is 11.9. The van der Waals surface area contributed by atoms with E-state index in [0.29, 0.717) is 12.0 Å². The van der Waals surface area contributed by atoms with Crippen molar-refractivity contribution in [3.63, 3.8) is 0 Å². The number of aliphatic hydroxyl groups is 1. The number of nitrogens with one attached hydrogen (secondary N) is 1. The lowest BCUT2D eigenvalue weighted by Crippen LogP contribution is -2.49. The summed E-state index contributed by atoms with van der Waals surface area (Å²) in [5.74, 6) is 0.608. The number of hydrogen-bond donors (Lipinski definition) is 2. The predicted octanol–water partition coefficient (Wildman–Crippen LogP) is 0.356. The van der Waals surface area contributed by atoms with Crippen molar-refractivity contribution < 1.29 is 9.90 Å². The van der Waals surface area contributed by atoms with Crippen LogP contribution in [0, 0.1) is 5.92 Å². The molecular weight excluding hydrogens is 204 g/mol. The summed E-state index contributed by atoms with van der Waals surface area (Å²) in [4.78, 5) is 14.1. The summed E-state index contributed by atoms with van der Waals surface area (Å²) in [6.45, 7) is 5.17. The van der Waals surface area contributed by atoms with Gasteiger partial charge in [-0.15, -0.1) is 0 Å². The van der Waals surface area contributed by atoms with Crippen LogP contribution < -0.4 is 5.32 Å². The van der Waals surface area contributed by atoms with E-state index in [9.17, 15) is 9.90 Å². The van der Waals surface area contributed by atoms with Gasteiger partial charge in [-0.3, -0.25) is 9.69 Å². The van der Waals surface area contributed by atoms with Crippen molar-refractivity contribution in [3.05, 3.63) is 0 Å². The van der Waals surface area contributed by atoms with Gasteiger partial charge in [0.25, 0.3) is 0 Å². The van der Waals surface area contributed by atoms with Crippen LogP contribution >= 0.6 is 0 Å². The van der Waals surface area contributed by atoms with Crippen LogP contribution in [0.1, 0.15) is 33.1 Å². The van der Waals surface area contributed by atoms with Gasteiger partial charge in [-0.25, -0.2) is 0 Å². The third-order valence-electron chi connectivity index (χ3n) is 3.91. The molecule has 3 unspecified atom stereocenters. The monoisotopic (exact) mass is 226 g/mol. The summed E-state index contributed by atoms with van der Waals surface area (Å²) < 4.78 is 0. The molecule has 1 amide bonds. The van der Waals surface area contributed by atoms with Crippen molar-refractivity contribution in [2.75, 3.05) is 13.2 Å². The second-order valence-electron chi connectivity index (χ2n) is 5.21. The van der Waals surface area contributed by atoms with Gasteiger partial charge in [-0.1, -0.05) is 6.92 Å². The molecule has 0 bridgehead atoms. The van der Waals surface area contributed by atoms with Crippen molar-refractivity contribution in [3.8, 4) is 0 Å². The Morgan fingerprint density at radius 1 is 1.50 bits per heavy atom. The quantitative estimate of drug-likeness (QED) is 0.727. The minimum atomic E-state index is -0.109. The molecule has 1 aliphatic carbocycles. The van der Waals surface area contributed by atoms with Gasteiger partial charge in [-0.05, 0) is 38.6 Å². The molecule has 2 rings (SSSR count). The van der Waals surface area contributed by atoms with E-state index in [1.165, 1.54) is 0 Å². The summed E-state index contributed by atoms with van der Waals surface area (Å²) in [6, 6.07) is 0.463. The maximum atomic E-state index is 11.9. The zero-order chi connectivity index (χ0) is 11.7. The summed E-state index contributed by atoms with van der Waals surface area (Å²) >= 11 is 0. The van der Waals surface area contributed by atoms with E-state index in [-0.39, 0.29) is 24.6 Å². The van der Waals surface area contributed by atoms with Crippen LogP contribution in [0.15, 0.2) is 0 Å². The molecular formula is C12H22N2O2. The van der Waals surface area contributed by atoms with Gasteiger partial charge < -0.3 is 10.4 Å². The standard InChI is InChI=1S/C12H22N2O2/c1-8-5-6-14(11(8)7-15)9(2)12(16)13-10-3-4-10/h8-11,15H,3-7H2,1-2H3,(H,13,16). The summed E-state index contributed by atoms with van der Waals surface area (Å²) in [5, 5.41) is 12.4. The Morgan fingerprint density at radius 2 is 2.19 bits per heavy atom. The molecule has 3 atom stereocenters. The van der Waals surface area contributed by atoms with Gasteiger partial charge in [0.2, 0.25) is 5.91 Å². The van der Waals surface area contributed by atoms with E-state index in [1.807, 2.05) is 6.92 Å². The smallest absolute Gasteiger partial charge is 0.237 e. The topological polar surface area (TPSA) is 52.6 Å². The molecule has 4 heteroatoms. The predicted molar refractivity (Wildman–Crippen MR) is 62.0 cm³/mol. The number of hydrogen-bond acceptors (Lipinski definition) is 3. The fourth-order valence-electron chi connectivity index (χ4n) is 2.50. The van der Waals surface area contributed by atoms with Crippen molar-refractivity contribution >= 4 is 5.91 Å². The molecule has 2 aliphatic rings. The van der Waals surface area contributed by atoms with Crippen LogP contribution in [0.25, 0.3) is 0 Å². The van der Waals surface area contributed by atoms with Gasteiger partial charge in [0, 0.05) is 12.1 Å². The fraction of sp³-hybridized carbons (Fsp3) is 0.917. The lowest BCUT2D eigenvalue weighted by molar-refractivity contribution is -0.126. The van der Waals surface area contributed by atoms with Crippen molar-refractivity contribution in [2.45, 2.75) is 51.2 Å². The first-order chi connectivity index (χ1) is 7.63. The summed E-state index contributed by atoms with van der Waals surface area (Å²) in [6.07, 6.45) is 3.32. The van der Waals surface area contributed by atoms with Gasteiger partial charge in [-0.2, -0.15) is 0 Å². The molecule has 4 nitrogen and oxygen atoms in total. The number of rotatable bonds is 4. The van der Waals surface area contributed by atoms with Crippen LogP contribution in [-0.2, 0) is 4.79 Å². The molecule has 16 heavy (non-hydrogen) atoms. The number of aliphatic hydroxyl groups excluding tert-OH is 1. The molecule has 92 valence electrons. The van der Waals surface area contributed by atoms with Crippen LogP contribution in [0.2, 0.25) is 0 Å². The van der Waals surface area contributed by atoms with Crippen molar-refractivity contribution in [1.29, 1.82) is 0 Å². The molecule has 0 aromatic carbocycles. The number of nitrogens with zero attached hydrogens (tertiary/aromatic N) is 1. The lowest BCUT2D eigenvalue weighted by atomic mass is 10.0. The maximum Gasteiger partial charge on any atom is 0.237 e. The molecule has 2 fully saturated rings. The van der Waals surface area contributed by atoms with Gasteiger partial charge >= 0.3 is 0 Å². The van der Waals surface area contributed by atoms with Gasteiger partial charge in [0.05, 0.1) is 12.6 Å². The van der Waals surface area contributed by atoms with E-state index in [4.69, 9.17) is 0 Å². The van der Waals surface area contributed by atoms with E-state index in [0.717, 1.165) is 25.8 Å². The van der Waals surface area contributed by atoms with Gasteiger partial charge in [0.1, 0.15) is 0 Å². The molecule has 1 saturated carbocycles. The normalized spacial score (nSPS) is 32.7. The molecule has 2 N–H and O–H groups in total. The minimum absolute atomic E-state index is 0.109. The molecule has 1 aliphatic heterocycles. The number of amides is 1. The van der Waals surface area contributed by atoms with Gasteiger partial charge in [0.15, 0.2) is 0 Å². The first-order valence-corrected chi connectivity index (χ1v) is 6.30.